The van der Waals surface area contributed by atoms with Crippen molar-refractivity contribution in [1.29, 1.82) is 0 Å². The van der Waals surface area contributed by atoms with E-state index in [0.717, 1.165) is 11.1 Å². The monoisotopic (exact) mass is 304 g/mol. The Morgan fingerprint density at radius 2 is 1.76 bits per heavy atom. The van der Waals surface area contributed by atoms with Gasteiger partial charge in [0.05, 0.1) is 11.4 Å². The molecule has 0 aliphatic heterocycles. The van der Waals surface area contributed by atoms with Gasteiger partial charge in [-0.1, -0.05) is 24.3 Å². The number of sulfonamides is 1. The van der Waals surface area contributed by atoms with Crippen molar-refractivity contribution in [2.45, 2.75) is 19.6 Å². The fraction of sp³-hybridized carbons (Fsp3) is 0.250. The van der Waals surface area contributed by atoms with Crippen molar-refractivity contribution in [3.05, 3.63) is 59.7 Å². The first-order valence-electron chi connectivity index (χ1n) is 6.84. The Bertz CT molecular complexity index is 709. The van der Waals surface area contributed by atoms with Gasteiger partial charge in [-0.3, -0.25) is 4.31 Å². The number of benzene rings is 2. The number of anilines is 2. The quantitative estimate of drug-likeness (QED) is 0.864. The molecular formula is C16H20N2O2S. The van der Waals surface area contributed by atoms with Crippen LogP contribution in [0.1, 0.15) is 18.1 Å². The van der Waals surface area contributed by atoms with E-state index in [1.807, 2.05) is 38.1 Å². The highest BCUT2D eigenvalue weighted by molar-refractivity contribution is 7.92. The summed E-state index contributed by atoms with van der Waals surface area (Å²) < 4.78 is 26.7. The van der Waals surface area contributed by atoms with Crippen LogP contribution in [0.2, 0.25) is 0 Å². The van der Waals surface area contributed by atoms with Crippen molar-refractivity contribution < 1.29 is 8.42 Å². The summed E-state index contributed by atoms with van der Waals surface area (Å²) in [5.74, 6) is -0.0327. The number of aryl methyl sites for hydroxylation is 1. The highest BCUT2D eigenvalue weighted by Crippen LogP contribution is 2.22. The van der Waals surface area contributed by atoms with Crippen LogP contribution in [0.3, 0.4) is 0 Å². The molecule has 0 amide bonds. The molecule has 112 valence electrons. The minimum Gasteiger partial charge on any atom is -0.399 e. The standard InChI is InChI=1S/C16H20N2O2S/c1-3-18(16-6-4-5-13(2)11-16)21(19,20)12-14-7-9-15(17)10-8-14/h4-11H,3,12,17H2,1-2H3. The molecule has 0 saturated heterocycles. The Morgan fingerprint density at radius 1 is 1.10 bits per heavy atom. The summed E-state index contributed by atoms with van der Waals surface area (Å²) in [6.07, 6.45) is 0. The molecule has 2 N–H and O–H groups in total. The third kappa shape index (κ3) is 3.76. The molecule has 0 spiro atoms. The zero-order chi connectivity index (χ0) is 15.5. The van der Waals surface area contributed by atoms with Crippen molar-refractivity contribution >= 4 is 21.4 Å². The van der Waals surface area contributed by atoms with Gasteiger partial charge in [-0.2, -0.15) is 0 Å². The van der Waals surface area contributed by atoms with Crippen LogP contribution in [-0.4, -0.2) is 15.0 Å². The van der Waals surface area contributed by atoms with Crippen molar-refractivity contribution in [2.75, 3.05) is 16.6 Å². The maximum Gasteiger partial charge on any atom is 0.239 e. The SMILES string of the molecule is CCN(c1cccc(C)c1)S(=O)(=O)Cc1ccc(N)cc1. The minimum atomic E-state index is -3.42. The summed E-state index contributed by atoms with van der Waals surface area (Å²) in [5, 5.41) is 0. The molecule has 2 aromatic carbocycles. The third-order valence-corrected chi connectivity index (χ3v) is 5.08. The molecule has 4 nitrogen and oxygen atoms in total. The van der Waals surface area contributed by atoms with Crippen molar-refractivity contribution in [3.63, 3.8) is 0 Å². The van der Waals surface area contributed by atoms with Gasteiger partial charge in [0.25, 0.3) is 0 Å². The molecule has 2 aromatic rings. The van der Waals surface area contributed by atoms with Gasteiger partial charge < -0.3 is 5.73 Å². The molecule has 2 rings (SSSR count). The van der Waals surface area contributed by atoms with Gasteiger partial charge in [-0.05, 0) is 49.2 Å². The minimum absolute atomic E-state index is 0.0327. The molecule has 0 radical (unpaired) electrons. The lowest BCUT2D eigenvalue weighted by atomic mass is 10.2. The summed E-state index contributed by atoms with van der Waals surface area (Å²) >= 11 is 0. The van der Waals surface area contributed by atoms with Crippen LogP contribution in [-0.2, 0) is 15.8 Å². The Kier molecular flexibility index (Phi) is 4.53. The van der Waals surface area contributed by atoms with Gasteiger partial charge in [-0.15, -0.1) is 0 Å². The van der Waals surface area contributed by atoms with Crippen molar-refractivity contribution in [1.82, 2.24) is 0 Å². The lowest BCUT2D eigenvalue weighted by Crippen LogP contribution is -2.31. The number of rotatable bonds is 5. The van der Waals surface area contributed by atoms with Crippen LogP contribution in [0.4, 0.5) is 11.4 Å². The molecule has 0 aromatic heterocycles. The first kappa shape index (κ1) is 15.4. The van der Waals surface area contributed by atoms with Crippen LogP contribution in [0.5, 0.6) is 0 Å². The zero-order valence-corrected chi connectivity index (χ0v) is 13.1. The second-order valence-electron chi connectivity index (χ2n) is 5.00. The van der Waals surface area contributed by atoms with Gasteiger partial charge in [-0.25, -0.2) is 8.42 Å². The Hall–Kier alpha value is -2.01. The Labute approximate surface area is 126 Å². The van der Waals surface area contributed by atoms with E-state index in [-0.39, 0.29) is 5.75 Å². The third-order valence-electron chi connectivity index (χ3n) is 3.24. The van der Waals surface area contributed by atoms with Crippen LogP contribution in [0, 0.1) is 6.92 Å². The van der Waals surface area contributed by atoms with Gasteiger partial charge in [0, 0.05) is 12.2 Å². The van der Waals surface area contributed by atoms with Crippen LogP contribution >= 0.6 is 0 Å². The molecule has 0 saturated carbocycles. The molecule has 0 fully saturated rings. The fourth-order valence-electron chi connectivity index (χ4n) is 2.23. The highest BCUT2D eigenvalue weighted by Gasteiger charge is 2.21. The van der Waals surface area contributed by atoms with Crippen LogP contribution in [0.25, 0.3) is 0 Å². The Morgan fingerprint density at radius 3 is 2.33 bits per heavy atom. The van der Waals surface area contributed by atoms with Crippen molar-refractivity contribution in [3.8, 4) is 0 Å². The molecule has 0 bridgehead atoms. The Balaban J connectivity index is 2.29. The second-order valence-corrected chi connectivity index (χ2v) is 6.89. The van der Waals surface area contributed by atoms with E-state index >= 15 is 0 Å². The van der Waals surface area contributed by atoms with E-state index in [4.69, 9.17) is 5.73 Å². The largest absolute Gasteiger partial charge is 0.399 e. The number of nitrogens with zero attached hydrogens (tertiary/aromatic N) is 1. The molecule has 0 atom stereocenters. The van der Waals surface area contributed by atoms with E-state index in [1.54, 1.807) is 24.3 Å². The van der Waals surface area contributed by atoms with Gasteiger partial charge >= 0.3 is 0 Å². The summed E-state index contributed by atoms with van der Waals surface area (Å²) in [5.41, 5.74) is 8.72. The van der Waals surface area contributed by atoms with Crippen LogP contribution in [0.15, 0.2) is 48.5 Å². The summed E-state index contributed by atoms with van der Waals surface area (Å²) in [6, 6.07) is 14.4. The van der Waals surface area contributed by atoms with Gasteiger partial charge in [0.2, 0.25) is 10.0 Å². The lowest BCUT2D eigenvalue weighted by molar-refractivity contribution is 0.591. The summed E-state index contributed by atoms with van der Waals surface area (Å²) in [7, 11) is -3.42. The topological polar surface area (TPSA) is 63.4 Å². The van der Waals surface area contributed by atoms with Crippen LogP contribution < -0.4 is 10.0 Å². The normalized spacial score (nSPS) is 11.3. The molecule has 0 unspecified atom stereocenters. The first-order chi connectivity index (χ1) is 9.92. The van der Waals surface area contributed by atoms with E-state index in [0.29, 0.717) is 17.9 Å². The van der Waals surface area contributed by atoms with E-state index in [1.165, 1.54) is 4.31 Å². The molecule has 0 heterocycles. The van der Waals surface area contributed by atoms with Crippen molar-refractivity contribution in [2.24, 2.45) is 0 Å². The predicted octanol–water partition coefficient (Wildman–Crippen LogP) is 2.93. The van der Waals surface area contributed by atoms with Gasteiger partial charge in [0.15, 0.2) is 0 Å². The van der Waals surface area contributed by atoms with E-state index < -0.39 is 10.0 Å². The number of nitrogens with two attached hydrogens (primary N) is 1. The smallest absolute Gasteiger partial charge is 0.239 e. The predicted molar refractivity (Wildman–Crippen MR) is 87.7 cm³/mol. The molecule has 21 heavy (non-hydrogen) atoms. The number of hydrogen-bond donors (Lipinski definition) is 1. The average molecular weight is 304 g/mol. The summed E-state index contributed by atoms with van der Waals surface area (Å²) in [6.45, 7) is 4.19. The first-order valence-corrected chi connectivity index (χ1v) is 8.45. The maximum atomic E-state index is 12.6. The average Bonchev–Trinajstić information content (AvgIpc) is 2.42. The fourth-order valence-corrected chi connectivity index (χ4v) is 3.82. The molecule has 0 aliphatic carbocycles. The lowest BCUT2D eigenvalue weighted by Gasteiger charge is -2.23. The molecular weight excluding hydrogens is 284 g/mol. The maximum absolute atomic E-state index is 12.6. The number of hydrogen-bond acceptors (Lipinski definition) is 3. The van der Waals surface area contributed by atoms with E-state index in [2.05, 4.69) is 0 Å². The molecule has 0 aliphatic rings. The molecule has 5 heteroatoms. The highest BCUT2D eigenvalue weighted by atomic mass is 32.2. The van der Waals surface area contributed by atoms with Gasteiger partial charge in [0.1, 0.15) is 0 Å². The summed E-state index contributed by atoms with van der Waals surface area (Å²) in [4.78, 5) is 0. The van der Waals surface area contributed by atoms with E-state index in [9.17, 15) is 8.42 Å². The zero-order valence-electron chi connectivity index (χ0n) is 12.3. The second kappa shape index (κ2) is 6.18. The number of nitrogen functional groups attached to an aromatic ring is 1.